The number of nitrogens with zero attached hydrogens (tertiary/aromatic N) is 6. The molecule has 0 spiro atoms. The van der Waals surface area contributed by atoms with Crippen LogP contribution in [-0.4, -0.2) is 29.9 Å². The van der Waals surface area contributed by atoms with E-state index in [4.69, 9.17) is 23.8 Å². The van der Waals surface area contributed by atoms with Crippen molar-refractivity contribution in [1.29, 1.82) is 0 Å². The first-order valence-corrected chi connectivity index (χ1v) is 19.7. The summed E-state index contributed by atoms with van der Waals surface area (Å²) in [6.45, 7) is 0. The Morgan fingerprint density at radius 3 is 1.70 bits per heavy atom. The van der Waals surface area contributed by atoms with Crippen molar-refractivity contribution in [1.82, 2.24) is 29.9 Å². The number of para-hydroxylation sites is 1. The largest absolute Gasteiger partial charge is 0.456 e. The highest BCUT2D eigenvalue weighted by atomic mass is 16.3. The van der Waals surface area contributed by atoms with E-state index < -0.39 is 0 Å². The summed E-state index contributed by atoms with van der Waals surface area (Å²) >= 11 is 0. The highest BCUT2D eigenvalue weighted by Crippen LogP contribution is 2.39. The predicted octanol–water partition coefficient (Wildman–Crippen LogP) is 13.1. The third-order valence-corrected chi connectivity index (χ3v) is 11.8. The van der Waals surface area contributed by atoms with Crippen molar-refractivity contribution in [3.63, 3.8) is 0 Å². The van der Waals surface area contributed by atoms with Gasteiger partial charge in [0, 0.05) is 62.7 Å². The van der Waals surface area contributed by atoms with Gasteiger partial charge in [-0.05, 0) is 112 Å². The van der Waals surface area contributed by atoms with Crippen LogP contribution in [0.2, 0.25) is 0 Å². The number of fused-ring (bicyclic) bond motifs is 12. The molecular weight excluding hydrogens is 741 g/mol. The molecule has 60 heavy (non-hydrogen) atoms. The predicted molar refractivity (Wildman–Crippen MR) is 240 cm³/mol. The van der Waals surface area contributed by atoms with Gasteiger partial charge in [-0.1, -0.05) is 60.7 Å². The molecule has 0 unspecified atom stereocenters. The van der Waals surface area contributed by atoms with E-state index in [1.807, 2.05) is 55.0 Å². The summed E-state index contributed by atoms with van der Waals surface area (Å²) < 4.78 is 12.5. The van der Waals surface area contributed by atoms with E-state index in [0.717, 1.165) is 132 Å². The highest BCUT2D eigenvalue weighted by Gasteiger charge is 2.16. The van der Waals surface area contributed by atoms with Crippen LogP contribution in [0, 0.1) is 0 Å². The van der Waals surface area contributed by atoms with Crippen LogP contribution in [-0.2, 0) is 0 Å². The van der Waals surface area contributed by atoms with Crippen molar-refractivity contribution in [3.05, 3.63) is 171 Å². The molecule has 0 saturated carbocycles. The molecule has 8 nitrogen and oxygen atoms in total. The number of aromatic nitrogens is 6. The van der Waals surface area contributed by atoms with Crippen LogP contribution in [0.3, 0.4) is 0 Å². The van der Waals surface area contributed by atoms with Crippen LogP contribution in [0.1, 0.15) is 0 Å². The molecule has 0 aliphatic heterocycles. The van der Waals surface area contributed by atoms with Gasteiger partial charge in [-0.3, -0.25) is 24.9 Å². The molecule has 6 aromatic heterocycles. The molecule has 8 heteroatoms. The summed E-state index contributed by atoms with van der Waals surface area (Å²) in [6, 6.07) is 48.2. The van der Waals surface area contributed by atoms with Gasteiger partial charge in [0.15, 0.2) is 0 Å². The van der Waals surface area contributed by atoms with Gasteiger partial charge in [0.05, 0.1) is 34.0 Å². The van der Waals surface area contributed by atoms with Crippen LogP contribution < -0.4 is 0 Å². The molecule has 0 radical (unpaired) electrons. The summed E-state index contributed by atoms with van der Waals surface area (Å²) in [7, 11) is 0. The minimum absolute atomic E-state index is 0.750. The summed E-state index contributed by atoms with van der Waals surface area (Å²) in [4.78, 5) is 28.5. The van der Waals surface area contributed by atoms with E-state index in [9.17, 15) is 0 Å². The van der Waals surface area contributed by atoms with Gasteiger partial charge in [0.1, 0.15) is 33.4 Å². The molecule has 0 aliphatic rings. The maximum absolute atomic E-state index is 6.45. The molecule has 0 fully saturated rings. The van der Waals surface area contributed by atoms with Gasteiger partial charge in [-0.15, -0.1) is 0 Å². The van der Waals surface area contributed by atoms with Crippen molar-refractivity contribution >= 4 is 87.7 Å². The zero-order valence-electron chi connectivity index (χ0n) is 31.7. The molecule has 7 aromatic carbocycles. The second-order valence-electron chi connectivity index (χ2n) is 15.1. The fraction of sp³-hybridized carbons (Fsp3) is 0. The van der Waals surface area contributed by atoms with E-state index >= 15 is 0 Å². The number of pyridine rings is 2. The third-order valence-electron chi connectivity index (χ3n) is 11.8. The molecule has 0 bridgehead atoms. The first-order valence-electron chi connectivity index (χ1n) is 19.7. The van der Waals surface area contributed by atoms with E-state index in [1.165, 1.54) is 0 Å². The van der Waals surface area contributed by atoms with Crippen LogP contribution in [0.4, 0.5) is 0 Å². The molecular formula is C52H28N6O2. The first-order chi connectivity index (χ1) is 29.7. The lowest BCUT2D eigenvalue weighted by atomic mass is 9.97. The summed E-state index contributed by atoms with van der Waals surface area (Å²) in [5.41, 5.74) is 16.5. The monoisotopic (exact) mass is 768 g/mol. The number of benzene rings is 7. The van der Waals surface area contributed by atoms with Crippen molar-refractivity contribution in [3.8, 4) is 44.6 Å². The summed E-state index contributed by atoms with van der Waals surface area (Å²) in [5, 5.41) is 6.34. The molecule has 0 aliphatic carbocycles. The lowest BCUT2D eigenvalue weighted by Gasteiger charge is -2.09. The van der Waals surface area contributed by atoms with E-state index in [-0.39, 0.29) is 0 Å². The number of hydrogen-bond acceptors (Lipinski definition) is 8. The minimum atomic E-state index is 0.750. The maximum Gasteiger partial charge on any atom is 0.136 e. The Morgan fingerprint density at radius 2 is 0.883 bits per heavy atom. The summed E-state index contributed by atoms with van der Waals surface area (Å²) in [6.07, 6.45) is 8.94. The van der Waals surface area contributed by atoms with Crippen molar-refractivity contribution in [2.75, 3.05) is 0 Å². The SMILES string of the molecule is c1ccc2c(c1)oc1ccc(-c3ccnc4c3ccc3ncc(-c5ccc6c(c5)oc5ccc(-c7ccc(-c8ccnc9c8ccc8nccnc89)cc7)cc56)nc34)cc12. The topological polar surface area (TPSA) is 104 Å². The zero-order chi connectivity index (χ0) is 39.3. The van der Waals surface area contributed by atoms with Gasteiger partial charge >= 0.3 is 0 Å². The lowest BCUT2D eigenvalue weighted by Crippen LogP contribution is -1.93. The second kappa shape index (κ2) is 12.6. The van der Waals surface area contributed by atoms with Gasteiger partial charge < -0.3 is 8.83 Å². The number of hydrogen-bond donors (Lipinski definition) is 0. The second-order valence-corrected chi connectivity index (χ2v) is 15.1. The van der Waals surface area contributed by atoms with E-state index in [0.29, 0.717) is 0 Å². The van der Waals surface area contributed by atoms with Crippen molar-refractivity contribution < 1.29 is 8.83 Å². The highest BCUT2D eigenvalue weighted by molar-refractivity contribution is 6.12. The standard InChI is InChI=1S/C52H28N6O2/c1-2-4-45-36(3-1)41-26-32(11-18-46(41)59-45)35-20-22-55-50-39(35)14-16-43-52(50)58-44(28-57-43)33-9-12-37-40-25-31(10-17-47(40)60-48(37)27-33)29-5-7-30(8-6-29)34-19-21-54-49-38(34)13-15-42-51(49)56-24-23-53-42/h1-28H. The average Bonchev–Trinajstić information content (AvgIpc) is 3.88. The smallest absolute Gasteiger partial charge is 0.136 e. The molecule has 13 aromatic rings. The molecule has 0 atom stereocenters. The van der Waals surface area contributed by atoms with Crippen molar-refractivity contribution in [2.24, 2.45) is 0 Å². The third kappa shape index (κ3) is 4.98. The van der Waals surface area contributed by atoms with Crippen LogP contribution in [0.25, 0.3) is 132 Å². The number of rotatable bonds is 4. The van der Waals surface area contributed by atoms with E-state index in [2.05, 4.69) is 118 Å². The number of furan rings is 2. The Bertz CT molecular complexity index is 3910. The maximum atomic E-state index is 6.45. The van der Waals surface area contributed by atoms with Gasteiger partial charge in [0.2, 0.25) is 0 Å². The van der Waals surface area contributed by atoms with Crippen molar-refractivity contribution in [2.45, 2.75) is 0 Å². The van der Waals surface area contributed by atoms with Crippen LogP contribution in [0.5, 0.6) is 0 Å². The first kappa shape index (κ1) is 32.7. The Balaban J connectivity index is 0.844. The fourth-order valence-electron chi connectivity index (χ4n) is 8.83. The molecule has 0 saturated heterocycles. The Hall–Kier alpha value is -8.36. The van der Waals surface area contributed by atoms with E-state index in [1.54, 1.807) is 12.4 Å². The van der Waals surface area contributed by atoms with Gasteiger partial charge in [-0.25, -0.2) is 4.98 Å². The van der Waals surface area contributed by atoms with Crippen LogP contribution >= 0.6 is 0 Å². The Morgan fingerprint density at radius 1 is 0.317 bits per heavy atom. The minimum Gasteiger partial charge on any atom is -0.456 e. The Kier molecular flexibility index (Phi) is 6.85. The molecule has 6 heterocycles. The summed E-state index contributed by atoms with van der Waals surface area (Å²) in [5.74, 6) is 0. The molecule has 0 N–H and O–H groups in total. The normalized spacial score (nSPS) is 12.0. The lowest BCUT2D eigenvalue weighted by molar-refractivity contribution is 0.668. The Labute approximate surface area is 340 Å². The quantitative estimate of drug-likeness (QED) is 0.163. The van der Waals surface area contributed by atoms with Crippen LogP contribution in [0.15, 0.2) is 179 Å². The molecule has 13 rings (SSSR count). The average molecular weight is 769 g/mol. The fourth-order valence-corrected chi connectivity index (χ4v) is 8.83. The molecule has 278 valence electrons. The van der Waals surface area contributed by atoms with Gasteiger partial charge in [0.25, 0.3) is 0 Å². The molecule has 0 amide bonds. The zero-order valence-corrected chi connectivity index (χ0v) is 31.7. The van der Waals surface area contributed by atoms with Gasteiger partial charge in [-0.2, -0.15) is 0 Å².